The average Bonchev–Trinajstić information content (AvgIpc) is 2.92. The number of anilines is 2. The summed E-state index contributed by atoms with van der Waals surface area (Å²) >= 11 is 10.7. The summed E-state index contributed by atoms with van der Waals surface area (Å²) in [5, 5.41) is 12.1. The van der Waals surface area contributed by atoms with Crippen LogP contribution in [-0.2, 0) is 6.42 Å². The second kappa shape index (κ2) is 12.9. The van der Waals surface area contributed by atoms with Crippen molar-refractivity contribution >= 4 is 57.8 Å². The van der Waals surface area contributed by atoms with Crippen molar-refractivity contribution in [3.63, 3.8) is 0 Å². The van der Waals surface area contributed by atoms with Crippen LogP contribution >= 0.6 is 24.4 Å². The number of rotatable bonds is 6. The van der Waals surface area contributed by atoms with Crippen LogP contribution in [0.1, 0.15) is 43.0 Å². The van der Waals surface area contributed by atoms with Gasteiger partial charge in [-0.3, -0.25) is 20.2 Å². The first-order valence-electron chi connectivity index (χ1n) is 12.3. The molecule has 4 rings (SSSR count). The number of carbonyl (C=O) groups is 2. The van der Waals surface area contributed by atoms with E-state index in [0.29, 0.717) is 11.1 Å². The Hall–Kier alpha value is -4.40. The molecule has 8 heteroatoms. The van der Waals surface area contributed by atoms with Crippen molar-refractivity contribution in [3.8, 4) is 0 Å². The summed E-state index contributed by atoms with van der Waals surface area (Å²) in [4.78, 5) is 24.7. The number of thiocarbonyl (C=S) groups is 2. The monoisotopic (exact) mass is 552 g/mol. The quantitative estimate of drug-likeness (QED) is 0.215. The van der Waals surface area contributed by atoms with E-state index in [1.54, 1.807) is 48.5 Å². The van der Waals surface area contributed by atoms with Crippen LogP contribution in [0.25, 0.3) is 0 Å². The first-order chi connectivity index (χ1) is 18.8. The summed E-state index contributed by atoms with van der Waals surface area (Å²) in [6.07, 6.45) is 0.743. The van der Waals surface area contributed by atoms with Crippen molar-refractivity contribution in [2.75, 3.05) is 10.6 Å². The lowest BCUT2D eigenvalue weighted by Gasteiger charge is -2.14. The van der Waals surface area contributed by atoms with E-state index in [1.165, 1.54) is 0 Å². The van der Waals surface area contributed by atoms with Crippen LogP contribution in [0.3, 0.4) is 0 Å². The van der Waals surface area contributed by atoms with Crippen LogP contribution in [-0.4, -0.2) is 22.0 Å². The Labute approximate surface area is 238 Å². The number of hydrogen-bond acceptors (Lipinski definition) is 4. The average molecular weight is 553 g/mol. The number of aryl methyl sites for hydroxylation is 2. The van der Waals surface area contributed by atoms with Crippen molar-refractivity contribution in [3.05, 3.63) is 130 Å². The summed E-state index contributed by atoms with van der Waals surface area (Å²) in [6, 6.07) is 30.1. The Kier molecular flexibility index (Phi) is 9.14. The van der Waals surface area contributed by atoms with Crippen molar-refractivity contribution in [1.82, 2.24) is 10.6 Å². The van der Waals surface area contributed by atoms with Gasteiger partial charge in [0.25, 0.3) is 11.8 Å². The molecular formula is C31H28N4O2S2. The number of carbonyl (C=O) groups excluding carboxylic acids is 2. The fourth-order valence-corrected chi connectivity index (χ4v) is 4.43. The van der Waals surface area contributed by atoms with Gasteiger partial charge >= 0.3 is 0 Å². The molecule has 0 aliphatic heterocycles. The van der Waals surface area contributed by atoms with Crippen LogP contribution < -0.4 is 21.3 Å². The molecule has 0 saturated carbocycles. The van der Waals surface area contributed by atoms with Gasteiger partial charge in [-0.15, -0.1) is 0 Å². The number of benzene rings is 4. The molecule has 0 atom stereocenters. The van der Waals surface area contributed by atoms with Crippen LogP contribution in [0.5, 0.6) is 0 Å². The summed E-state index contributed by atoms with van der Waals surface area (Å²) in [7, 11) is 0. The van der Waals surface area contributed by atoms with Crippen molar-refractivity contribution in [1.29, 1.82) is 0 Å². The predicted octanol–water partition coefficient (Wildman–Crippen LogP) is 6.15. The molecular weight excluding hydrogens is 525 g/mol. The molecule has 4 aromatic rings. The van der Waals surface area contributed by atoms with Gasteiger partial charge in [0.15, 0.2) is 10.2 Å². The van der Waals surface area contributed by atoms with E-state index in [9.17, 15) is 9.59 Å². The highest BCUT2D eigenvalue weighted by Crippen LogP contribution is 2.22. The van der Waals surface area contributed by atoms with Gasteiger partial charge < -0.3 is 10.6 Å². The Morgan fingerprint density at radius 3 is 1.33 bits per heavy atom. The largest absolute Gasteiger partial charge is 0.332 e. The van der Waals surface area contributed by atoms with E-state index in [2.05, 4.69) is 33.4 Å². The molecule has 0 spiro atoms. The number of hydrogen-bond donors (Lipinski definition) is 4. The first kappa shape index (κ1) is 27.6. The van der Waals surface area contributed by atoms with E-state index >= 15 is 0 Å². The van der Waals surface area contributed by atoms with Crippen molar-refractivity contribution in [2.45, 2.75) is 20.3 Å². The standard InChI is InChI=1S/C31H28N4O2S2/c1-20-17-22(13-15-26(20)32-30(38)34-28(36)24-9-5-3-6-10-24)19-23-14-16-27(21(2)18-23)33-31(39)35-29(37)25-11-7-4-8-12-25/h3-18H,19H2,1-2H3,(H2,32,34,36,38)(H2,33,35,37,39). The highest BCUT2D eigenvalue weighted by Gasteiger charge is 2.11. The number of nitrogens with one attached hydrogen (secondary N) is 4. The molecule has 4 N–H and O–H groups in total. The van der Waals surface area contributed by atoms with Gasteiger partial charge in [0.1, 0.15) is 0 Å². The van der Waals surface area contributed by atoms with Gasteiger partial charge in [-0.05, 0) is 103 Å². The fourth-order valence-electron chi connectivity index (χ4n) is 4.02. The second-order valence-electron chi connectivity index (χ2n) is 9.02. The highest BCUT2D eigenvalue weighted by atomic mass is 32.1. The smallest absolute Gasteiger partial charge is 0.257 e. The Morgan fingerprint density at radius 2 is 0.974 bits per heavy atom. The summed E-state index contributed by atoms with van der Waals surface area (Å²) in [5.41, 5.74) is 7.06. The van der Waals surface area contributed by atoms with Gasteiger partial charge in [0, 0.05) is 22.5 Å². The minimum absolute atomic E-state index is 0.247. The third kappa shape index (κ3) is 7.80. The van der Waals surface area contributed by atoms with Gasteiger partial charge in [0.05, 0.1) is 0 Å². The molecule has 0 heterocycles. The Balaban J connectivity index is 1.33. The molecule has 6 nitrogen and oxygen atoms in total. The third-order valence-corrected chi connectivity index (χ3v) is 6.42. The Bertz CT molecular complexity index is 1410. The minimum Gasteiger partial charge on any atom is -0.332 e. The maximum Gasteiger partial charge on any atom is 0.257 e. The van der Waals surface area contributed by atoms with Gasteiger partial charge in [-0.1, -0.05) is 60.7 Å². The zero-order valence-electron chi connectivity index (χ0n) is 21.6. The lowest BCUT2D eigenvalue weighted by atomic mass is 10.00. The molecule has 0 aliphatic carbocycles. The van der Waals surface area contributed by atoms with Gasteiger partial charge in [0.2, 0.25) is 0 Å². The van der Waals surface area contributed by atoms with E-state index in [1.807, 2.05) is 50.2 Å². The van der Waals surface area contributed by atoms with Gasteiger partial charge in [-0.25, -0.2) is 0 Å². The maximum atomic E-state index is 12.3. The molecule has 196 valence electrons. The van der Waals surface area contributed by atoms with Crippen LogP contribution in [0.4, 0.5) is 11.4 Å². The van der Waals surface area contributed by atoms with E-state index in [4.69, 9.17) is 24.4 Å². The normalized spacial score (nSPS) is 10.3. The predicted molar refractivity (Wildman–Crippen MR) is 165 cm³/mol. The van der Waals surface area contributed by atoms with Crippen molar-refractivity contribution in [2.24, 2.45) is 0 Å². The van der Waals surface area contributed by atoms with E-state index in [0.717, 1.165) is 40.0 Å². The van der Waals surface area contributed by atoms with Crippen LogP contribution in [0.15, 0.2) is 97.1 Å². The van der Waals surface area contributed by atoms with Gasteiger partial charge in [-0.2, -0.15) is 0 Å². The molecule has 0 bridgehead atoms. The molecule has 39 heavy (non-hydrogen) atoms. The summed E-state index contributed by atoms with van der Waals surface area (Å²) < 4.78 is 0. The molecule has 0 aromatic heterocycles. The van der Waals surface area contributed by atoms with E-state index in [-0.39, 0.29) is 22.0 Å². The summed E-state index contributed by atoms with van der Waals surface area (Å²) in [5.74, 6) is -0.509. The zero-order valence-corrected chi connectivity index (χ0v) is 23.2. The highest BCUT2D eigenvalue weighted by molar-refractivity contribution is 7.80. The fraction of sp³-hybridized carbons (Fsp3) is 0.0968. The Morgan fingerprint density at radius 1 is 0.590 bits per heavy atom. The van der Waals surface area contributed by atoms with Crippen LogP contribution in [0.2, 0.25) is 0 Å². The first-order valence-corrected chi connectivity index (χ1v) is 13.1. The van der Waals surface area contributed by atoms with Crippen molar-refractivity contribution < 1.29 is 9.59 Å². The van der Waals surface area contributed by atoms with Crippen LogP contribution in [0, 0.1) is 13.8 Å². The SMILES string of the molecule is Cc1cc(Cc2ccc(NC(=S)NC(=O)c3ccccc3)c(C)c2)ccc1NC(=S)NC(=O)c1ccccc1. The zero-order chi connectivity index (χ0) is 27.8. The van der Waals surface area contributed by atoms with E-state index < -0.39 is 0 Å². The molecule has 0 unspecified atom stereocenters. The maximum absolute atomic E-state index is 12.3. The molecule has 0 saturated heterocycles. The molecule has 2 amide bonds. The second-order valence-corrected chi connectivity index (χ2v) is 9.84. The molecule has 0 fully saturated rings. The summed E-state index contributed by atoms with van der Waals surface area (Å²) in [6.45, 7) is 3.99. The lowest BCUT2D eigenvalue weighted by Crippen LogP contribution is -2.34. The topological polar surface area (TPSA) is 82.3 Å². The minimum atomic E-state index is -0.255. The molecule has 4 aromatic carbocycles. The molecule has 0 aliphatic rings. The lowest BCUT2D eigenvalue weighted by molar-refractivity contribution is 0.0969. The molecule has 0 radical (unpaired) electrons. The third-order valence-electron chi connectivity index (χ3n) is 6.01. The number of amides is 2.